The zero-order valence-electron chi connectivity index (χ0n) is 11.6. The molecule has 0 radical (unpaired) electrons. The van der Waals surface area contributed by atoms with Crippen LogP contribution >= 0.6 is 15.9 Å². The van der Waals surface area contributed by atoms with Crippen LogP contribution in [0.3, 0.4) is 0 Å². The molecule has 0 fully saturated rings. The number of aryl methyl sites for hydroxylation is 2. The average Bonchev–Trinajstić information content (AvgIpc) is 2.42. The predicted molar refractivity (Wildman–Crippen MR) is 83.4 cm³/mol. The Kier molecular flexibility index (Phi) is 4.72. The van der Waals surface area contributed by atoms with E-state index in [1.165, 1.54) is 21.2 Å². The highest BCUT2D eigenvalue weighted by molar-refractivity contribution is 9.10. The molecular formula is C16H19BrN2. The number of halogens is 1. The second-order valence-electron chi connectivity index (χ2n) is 4.85. The minimum absolute atomic E-state index is 0.268. The summed E-state index contributed by atoms with van der Waals surface area (Å²) in [6.07, 6.45) is 2.81. The first-order valence-corrected chi connectivity index (χ1v) is 7.25. The second kappa shape index (κ2) is 6.31. The molecule has 0 spiro atoms. The molecule has 2 rings (SSSR count). The standard InChI is InChI=1S/C16H19BrN2/c1-11-7-8-13(19-10-11)9-15(18-3)14-6-4-5-12(2)16(14)17/h4-8,10,15,18H,9H2,1-3H3. The van der Waals surface area contributed by atoms with Crippen molar-refractivity contribution < 1.29 is 0 Å². The lowest BCUT2D eigenvalue weighted by Gasteiger charge is -2.19. The Hall–Kier alpha value is -1.19. The Bertz CT molecular complexity index is 549. The van der Waals surface area contributed by atoms with E-state index < -0.39 is 0 Å². The lowest BCUT2D eigenvalue weighted by Crippen LogP contribution is -2.20. The summed E-state index contributed by atoms with van der Waals surface area (Å²) in [5.41, 5.74) is 4.85. The van der Waals surface area contributed by atoms with Crippen LogP contribution in [-0.2, 0) is 6.42 Å². The zero-order valence-corrected chi connectivity index (χ0v) is 13.2. The number of likely N-dealkylation sites (N-methyl/N-ethyl adjacent to an activating group) is 1. The minimum atomic E-state index is 0.268. The fourth-order valence-corrected chi connectivity index (χ4v) is 2.68. The van der Waals surface area contributed by atoms with Gasteiger partial charge in [-0.15, -0.1) is 0 Å². The molecule has 100 valence electrons. The lowest BCUT2D eigenvalue weighted by molar-refractivity contribution is 0.581. The Morgan fingerprint density at radius 3 is 2.63 bits per heavy atom. The van der Waals surface area contributed by atoms with Crippen molar-refractivity contribution in [3.05, 3.63) is 63.4 Å². The van der Waals surface area contributed by atoms with Crippen molar-refractivity contribution in [2.24, 2.45) is 0 Å². The summed E-state index contributed by atoms with van der Waals surface area (Å²) in [4.78, 5) is 4.49. The summed E-state index contributed by atoms with van der Waals surface area (Å²) >= 11 is 3.69. The SMILES string of the molecule is CNC(Cc1ccc(C)cn1)c1cccc(C)c1Br. The van der Waals surface area contributed by atoms with E-state index in [4.69, 9.17) is 0 Å². The third-order valence-electron chi connectivity index (χ3n) is 3.33. The lowest BCUT2D eigenvalue weighted by atomic mass is 10.00. The topological polar surface area (TPSA) is 24.9 Å². The van der Waals surface area contributed by atoms with Gasteiger partial charge in [0.1, 0.15) is 0 Å². The first-order valence-electron chi connectivity index (χ1n) is 6.45. The van der Waals surface area contributed by atoms with Gasteiger partial charge in [0.2, 0.25) is 0 Å². The molecule has 0 bridgehead atoms. The Balaban J connectivity index is 2.25. The van der Waals surface area contributed by atoms with Crippen LogP contribution in [0.2, 0.25) is 0 Å². The van der Waals surface area contributed by atoms with E-state index in [-0.39, 0.29) is 6.04 Å². The van der Waals surface area contributed by atoms with E-state index in [0.717, 1.165) is 12.1 Å². The predicted octanol–water partition coefficient (Wildman–Crippen LogP) is 3.96. The summed E-state index contributed by atoms with van der Waals surface area (Å²) < 4.78 is 1.18. The number of nitrogens with one attached hydrogen (secondary N) is 1. The zero-order chi connectivity index (χ0) is 13.8. The van der Waals surface area contributed by atoms with E-state index in [9.17, 15) is 0 Å². The van der Waals surface area contributed by atoms with Gasteiger partial charge in [-0.05, 0) is 43.7 Å². The van der Waals surface area contributed by atoms with E-state index in [1.54, 1.807) is 0 Å². The largest absolute Gasteiger partial charge is 0.313 e. The number of rotatable bonds is 4. The summed E-state index contributed by atoms with van der Waals surface area (Å²) in [5.74, 6) is 0. The molecule has 0 saturated heterocycles. The van der Waals surface area contributed by atoms with E-state index in [0.29, 0.717) is 0 Å². The van der Waals surface area contributed by atoms with Crippen LogP contribution in [0, 0.1) is 13.8 Å². The molecule has 0 amide bonds. The fraction of sp³-hybridized carbons (Fsp3) is 0.312. The van der Waals surface area contributed by atoms with Crippen LogP contribution in [0.4, 0.5) is 0 Å². The highest BCUT2D eigenvalue weighted by Gasteiger charge is 2.14. The van der Waals surface area contributed by atoms with E-state index in [1.807, 2.05) is 13.2 Å². The Morgan fingerprint density at radius 1 is 1.21 bits per heavy atom. The van der Waals surface area contributed by atoms with Gasteiger partial charge in [0.25, 0.3) is 0 Å². The first kappa shape index (κ1) is 14.2. The molecule has 1 atom stereocenters. The van der Waals surface area contributed by atoms with Crippen LogP contribution in [0.15, 0.2) is 41.0 Å². The summed E-state index contributed by atoms with van der Waals surface area (Å²) in [6, 6.07) is 10.9. The molecule has 1 aromatic heterocycles. The molecule has 0 aliphatic rings. The number of nitrogens with zero attached hydrogens (tertiary/aromatic N) is 1. The van der Waals surface area contributed by atoms with Crippen LogP contribution < -0.4 is 5.32 Å². The van der Waals surface area contributed by atoms with Crippen LogP contribution in [0.1, 0.15) is 28.4 Å². The molecular weight excluding hydrogens is 300 g/mol. The number of pyridine rings is 1. The maximum absolute atomic E-state index is 4.49. The van der Waals surface area contributed by atoms with Crippen LogP contribution in [0.5, 0.6) is 0 Å². The van der Waals surface area contributed by atoms with Crippen molar-refractivity contribution in [2.75, 3.05) is 7.05 Å². The van der Waals surface area contributed by atoms with Crippen molar-refractivity contribution in [1.29, 1.82) is 0 Å². The molecule has 0 saturated carbocycles. The fourth-order valence-electron chi connectivity index (χ4n) is 2.14. The molecule has 0 aliphatic carbocycles. The maximum atomic E-state index is 4.49. The summed E-state index contributed by atoms with van der Waals surface area (Å²) in [6.45, 7) is 4.17. The first-order chi connectivity index (χ1) is 9.11. The monoisotopic (exact) mass is 318 g/mol. The molecule has 0 aliphatic heterocycles. The number of hydrogen-bond donors (Lipinski definition) is 1. The van der Waals surface area contributed by atoms with Crippen molar-refractivity contribution in [2.45, 2.75) is 26.3 Å². The van der Waals surface area contributed by atoms with Gasteiger partial charge in [-0.1, -0.05) is 40.2 Å². The van der Waals surface area contributed by atoms with Gasteiger partial charge < -0.3 is 5.32 Å². The molecule has 19 heavy (non-hydrogen) atoms. The van der Waals surface area contributed by atoms with Gasteiger partial charge in [0, 0.05) is 28.8 Å². The highest BCUT2D eigenvalue weighted by atomic mass is 79.9. The van der Waals surface area contributed by atoms with Gasteiger partial charge in [0.05, 0.1) is 0 Å². The number of hydrogen-bond acceptors (Lipinski definition) is 2. The molecule has 1 N–H and O–H groups in total. The van der Waals surface area contributed by atoms with Crippen LogP contribution in [-0.4, -0.2) is 12.0 Å². The minimum Gasteiger partial charge on any atom is -0.313 e. The Morgan fingerprint density at radius 2 is 2.00 bits per heavy atom. The molecule has 1 unspecified atom stereocenters. The molecule has 3 heteroatoms. The van der Waals surface area contributed by atoms with Crippen molar-refractivity contribution in [3.8, 4) is 0 Å². The van der Waals surface area contributed by atoms with E-state index >= 15 is 0 Å². The molecule has 2 nitrogen and oxygen atoms in total. The number of aromatic nitrogens is 1. The summed E-state index contributed by atoms with van der Waals surface area (Å²) in [5, 5.41) is 3.38. The van der Waals surface area contributed by atoms with Crippen molar-refractivity contribution in [1.82, 2.24) is 10.3 Å². The number of benzene rings is 1. The Labute approximate surface area is 123 Å². The maximum Gasteiger partial charge on any atom is 0.0422 e. The van der Waals surface area contributed by atoms with E-state index in [2.05, 4.69) is 70.4 Å². The van der Waals surface area contributed by atoms with Crippen LogP contribution in [0.25, 0.3) is 0 Å². The summed E-state index contributed by atoms with van der Waals surface area (Å²) in [7, 11) is 1.99. The van der Waals surface area contributed by atoms with Gasteiger partial charge in [-0.3, -0.25) is 4.98 Å². The van der Waals surface area contributed by atoms with Gasteiger partial charge in [-0.2, -0.15) is 0 Å². The molecule has 1 heterocycles. The highest BCUT2D eigenvalue weighted by Crippen LogP contribution is 2.28. The van der Waals surface area contributed by atoms with Gasteiger partial charge >= 0.3 is 0 Å². The second-order valence-corrected chi connectivity index (χ2v) is 5.64. The quantitative estimate of drug-likeness (QED) is 0.922. The van der Waals surface area contributed by atoms with Crippen molar-refractivity contribution >= 4 is 15.9 Å². The third-order valence-corrected chi connectivity index (χ3v) is 4.41. The van der Waals surface area contributed by atoms with Gasteiger partial charge in [0.15, 0.2) is 0 Å². The smallest absolute Gasteiger partial charge is 0.0422 e. The average molecular weight is 319 g/mol. The molecule has 2 aromatic rings. The molecule has 1 aromatic carbocycles. The third kappa shape index (κ3) is 3.43. The normalized spacial score (nSPS) is 12.4. The van der Waals surface area contributed by atoms with Gasteiger partial charge in [-0.25, -0.2) is 0 Å². The van der Waals surface area contributed by atoms with Crippen molar-refractivity contribution in [3.63, 3.8) is 0 Å².